The molecule has 0 bridgehead atoms. The SMILES string of the molecule is CC(=NCC(=S)Cc1ccccc1)c1csc(-c2ccc(C(F)(F)F)cc2)c1O.CC(=NCC(=S)Cc1ccccc1)c1csc(-c2ccc(Cl)c(Cl)c2)c1O.Cn1nc(/C(=N/NC(=O)c2ccccc2)c2ccccc2)c(O)c1-c1ccc(C(C)(C)C)cc1.O=C=O.O=C=O.O=C=O.O=C=O.Oc1c(C=NCC(=S)Cc2ccccc2)csc1-c1ccc(Cl)c(Cl)c1. The van der Waals surface area contributed by atoms with E-state index in [4.69, 9.17) is 121 Å². The molecule has 9 aromatic carbocycles. The molecule has 13 aromatic rings. The molecule has 0 saturated carbocycles. The topological polar surface area (TPSA) is 314 Å². The molecule has 20 nitrogen and oxygen atoms in total. The van der Waals surface area contributed by atoms with Gasteiger partial charge in [-0.15, -0.1) is 34.0 Å². The molecule has 656 valence electrons. The maximum absolute atomic E-state index is 12.7. The number of nitrogens with one attached hydrogen (secondary N) is 1. The summed E-state index contributed by atoms with van der Waals surface area (Å²) in [6, 6.07) is 71.7. The molecule has 0 aliphatic heterocycles. The number of carbonyl (C=O) groups excluding carboxylic acids is 9. The summed E-state index contributed by atoms with van der Waals surface area (Å²) < 4.78 is 39.8. The number of carbonyl (C=O) groups is 1. The van der Waals surface area contributed by atoms with E-state index in [0.717, 1.165) is 82.9 Å². The molecule has 0 unspecified atom stereocenters. The predicted molar refractivity (Wildman–Crippen MR) is 509 cm³/mol. The van der Waals surface area contributed by atoms with Crippen LogP contribution in [0, 0.1) is 0 Å². The van der Waals surface area contributed by atoms with Gasteiger partial charge >= 0.3 is 30.8 Å². The summed E-state index contributed by atoms with van der Waals surface area (Å²) in [5.74, 6) is 0.0646. The molecule has 33 heteroatoms. The number of aryl methyl sites for hydroxylation is 1. The third-order valence-corrected chi connectivity index (χ3v) is 23.1. The molecular formula is C95H78Cl4F3N7O13S6. The fraction of sp³-hybridized carbons (Fsp3) is 0.147. The highest BCUT2D eigenvalue weighted by atomic mass is 35.5. The number of halogens is 7. The lowest BCUT2D eigenvalue weighted by Gasteiger charge is -2.19. The molecule has 0 atom stereocenters. The van der Waals surface area contributed by atoms with Crippen molar-refractivity contribution in [1.82, 2.24) is 15.2 Å². The number of aliphatic imine (C=N–C) groups is 3. The Hall–Kier alpha value is -12.6. The van der Waals surface area contributed by atoms with Crippen LogP contribution in [-0.4, -0.2) is 118 Å². The summed E-state index contributed by atoms with van der Waals surface area (Å²) in [4.78, 5) is 95.5. The molecule has 0 fully saturated rings. The van der Waals surface area contributed by atoms with Gasteiger partial charge in [0.2, 0.25) is 0 Å². The van der Waals surface area contributed by atoms with Crippen LogP contribution in [0.4, 0.5) is 13.2 Å². The predicted octanol–water partition coefficient (Wildman–Crippen LogP) is 22.8. The molecule has 4 heterocycles. The van der Waals surface area contributed by atoms with Crippen LogP contribution in [0.25, 0.3) is 42.6 Å². The first kappa shape index (κ1) is 104. The van der Waals surface area contributed by atoms with Crippen molar-refractivity contribution >= 4 is 186 Å². The van der Waals surface area contributed by atoms with Crippen molar-refractivity contribution in [2.75, 3.05) is 19.6 Å². The van der Waals surface area contributed by atoms with E-state index >= 15 is 0 Å². The van der Waals surface area contributed by atoms with Crippen molar-refractivity contribution in [2.24, 2.45) is 27.1 Å². The average Bonchev–Trinajstić information content (AvgIpc) is 1.63. The summed E-state index contributed by atoms with van der Waals surface area (Å²) in [5.41, 5.74) is 15.4. The Morgan fingerprint density at radius 3 is 1.21 bits per heavy atom. The highest BCUT2D eigenvalue weighted by molar-refractivity contribution is 7.80. The zero-order valence-corrected chi connectivity index (χ0v) is 76.7. The Balaban J connectivity index is 0.000000253. The molecule has 0 spiro atoms. The highest BCUT2D eigenvalue weighted by Gasteiger charge is 2.31. The number of amides is 1. The minimum atomic E-state index is -4.39. The minimum Gasteiger partial charge on any atom is -0.506 e. The molecule has 128 heavy (non-hydrogen) atoms. The van der Waals surface area contributed by atoms with Crippen molar-refractivity contribution in [3.05, 3.63) is 334 Å². The standard InChI is InChI=1S/C28H28N4O2.C22H18F3NOS2.C21H17Cl2NOS2.C20H15Cl2NOS2.4CO2/c1-28(2,3)22-17-15-20(16-18-22)25-26(33)24(31-32(25)4)23(19-11-7-5-8-12-19)29-30-27(34)21-13-9-6-10-14-21;1-14(26-12-18(28)11-15-5-3-2-4-6-15)19-13-29-21(20(19)27)16-7-9-17(10-8-16)22(23,24)25;1-13(24-11-16(26)9-14-5-3-2-4-6-14)17-12-27-21(20(17)25)15-7-8-18(22)19(23)10-15;21-17-7-6-14(9-18(17)22)20-19(24)15(12-26-20)10-23-11-16(25)8-13-4-2-1-3-5-13;4*2-1-3/h5-18,33H,1-4H3,(H,30,34);2-10,13,27H,11-12H2,1H3;2-8,10,12,25H,9,11H2,1H3;1-7,9-10,12,24H,8,11H2;;;;/b29-23+;;;;;;;. The Bertz CT molecular complexity index is 6120. The number of aromatic hydroxyl groups is 4. The van der Waals surface area contributed by atoms with Crippen molar-refractivity contribution in [1.29, 1.82) is 0 Å². The molecule has 5 N–H and O–H groups in total. The van der Waals surface area contributed by atoms with E-state index in [0.29, 0.717) is 96.0 Å². The summed E-state index contributed by atoms with van der Waals surface area (Å²) in [7, 11) is 1.78. The first-order chi connectivity index (χ1) is 61.2. The summed E-state index contributed by atoms with van der Waals surface area (Å²) in [6.07, 6.45) is 0.362. The first-order valence-corrected chi connectivity index (χ1v) is 43.1. The number of benzene rings is 9. The van der Waals surface area contributed by atoms with E-state index in [2.05, 4.69) is 75.6 Å². The van der Waals surface area contributed by atoms with Gasteiger partial charge in [-0.2, -0.15) is 61.7 Å². The number of hydrogen-bond acceptors (Lipinski definition) is 24. The lowest BCUT2D eigenvalue weighted by Crippen LogP contribution is -2.21. The van der Waals surface area contributed by atoms with Gasteiger partial charge in [0.05, 0.1) is 59.9 Å². The molecule has 4 aromatic heterocycles. The quantitative estimate of drug-likeness (QED) is 0.0226. The normalized spacial score (nSPS) is 10.9. The van der Waals surface area contributed by atoms with Crippen LogP contribution in [0.15, 0.2) is 273 Å². The van der Waals surface area contributed by atoms with Crippen LogP contribution < -0.4 is 5.43 Å². The molecule has 0 saturated heterocycles. The third kappa shape index (κ3) is 32.7. The number of hydrazone groups is 1. The van der Waals surface area contributed by atoms with Crippen molar-refractivity contribution in [2.45, 2.75) is 65.5 Å². The molecule has 1 amide bonds. The zero-order valence-electron chi connectivity index (χ0n) is 68.8. The first-order valence-electron chi connectivity index (χ1n) is 37.7. The Labute approximate surface area is 783 Å². The summed E-state index contributed by atoms with van der Waals surface area (Å²) in [5, 5.41) is 59.2. The number of alkyl halides is 3. The van der Waals surface area contributed by atoms with Crippen LogP contribution in [0.5, 0.6) is 23.0 Å². The lowest BCUT2D eigenvalue weighted by molar-refractivity contribution is -0.193. The number of aromatic nitrogens is 2. The second kappa shape index (κ2) is 53.1. The Kier molecular flexibility index (Phi) is 43.2. The minimum absolute atomic E-state index is 0.00238. The van der Waals surface area contributed by atoms with Crippen LogP contribution >= 0.6 is 117 Å². The molecule has 0 aliphatic carbocycles. The maximum Gasteiger partial charge on any atom is 0.416 e. The fourth-order valence-corrected chi connectivity index (χ4v) is 15.8. The second-order valence-corrected chi connectivity index (χ2v) is 33.7. The van der Waals surface area contributed by atoms with E-state index in [-0.39, 0.29) is 64.6 Å². The van der Waals surface area contributed by atoms with E-state index in [1.807, 2.05) is 157 Å². The van der Waals surface area contributed by atoms with Gasteiger partial charge in [0.15, 0.2) is 11.4 Å². The summed E-state index contributed by atoms with van der Waals surface area (Å²) in [6.45, 7) is 11.4. The van der Waals surface area contributed by atoms with Gasteiger partial charge < -0.3 is 20.4 Å². The smallest absolute Gasteiger partial charge is 0.416 e. The Morgan fingerprint density at radius 1 is 0.461 bits per heavy atom. The average molecular weight is 1920 g/mol. The number of thiocarbonyl (C=S) groups is 3. The lowest BCUT2D eigenvalue weighted by atomic mass is 9.86. The van der Waals surface area contributed by atoms with Gasteiger partial charge in [0.1, 0.15) is 28.7 Å². The van der Waals surface area contributed by atoms with Crippen LogP contribution in [0.1, 0.15) is 101 Å². The molecule has 0 radical (unpaired) electrons. The largest absolute Gasteiger partial charge is 0.506 e. The van der Waals surface area contributed by atoms with Gasteiger partial charge in [0.25, 0.3) is 5.91 Å². The van der Waals surface area contributed by atoms with E-state index in [9.17, 15) is 38.4 Å². The second-order valence-electron chi connectivity index (χ2n) is 27.7. The fourth-order valence-electron chi connectivity index (χ4n) is 11.6. The molecular weight excluding hydrogens is 1840 g/mol. The monoisotopic (exact) mass is 1910 g/mol. The van der Waals surface area contributed by atoms with Gasteiger partial charge in [-0.25, -0.2) is 5.43 Å². The number of nitrogens with zero attached hydrogens (tertiary/aromatic N) is 6. The summed E-state index contributed by atoms with van der Waals surface area (Å²) >= 11 is 44.4. The van der Waals surface area contributed by atoms with Gasteiger partial charge in [-0.05, 0) is 107 Å². The Morgan fingerprint density at radius 2 is 0.812 bits per heavy atom. The number of rotatable bonds is 23. The van der Waals surface area contributed by atoms with Crippen LogP contribution in [0.2, 0.25) is 20.1 Å². The third-order valence-electron chi connectivity index (χ3n) is 17.8. The van der Waals surface area contributed by atoms with E-state index in [1.165, 1.54) is 62.8 Å². The van der Waals surface area contributed by atoms with Crippen molar-refractivity contribution in [3.8, 4) is 65.6 Å². The van der Waals surface area contributed by atoms with E-state index in [1.54, 1.807) is 78.8 Å². The van der Waals surface area contributed by atoms with Crippen LogP contribution in [0.3, 0.4) is 0 Å². The van der Waals surface area contributed by atoms with Crippen molar-refractivity contribution < 1.29 is 76.7 Å². The zero-order chi connectivity index (χ0) is 94.0. The maximum atomic E-state index is 12.7. The van der Waals surface area contributed by atoms with Crippen LogP contribution in [-0.2, 0) is 76.3 Å². The number of hydrogen-bond donors (Lipinski definition) is 5. The highest BCUT2D eigenvalue weighted by Crippen LogP contribution is 2.44. The van der Waals surface area contributed by atoms with Gasteiger partial charge in [-0.3, -0.25) is 24.5 Å². The number of thiophene rings is 3. The van der Waals surface area contributed by atoms with E-state index < -0.39 is 11.7 Å². The molecule has 13 rings (SSSR count). The van der Waals surface area contributed by atoms with Gasteiger partial charge in [-0.1, -0.05) is 292 Å². The molecule has 0 aliphatic rings. The van der Waals surface area contributed by atoms with Crippen molar-refractivity contribution in [3.63, 3.8) is 0 Å². The van der Waals surface area contributed by atoms with Gasteiger partial charge in [0, 0.05) is 108 Å².